The number of benzene rings is 1. The van der Waals surface area contributed by atoms with Crippen LogP contribution in [0.4, 0.5) is 11.8 Å². The molecule has 0 saturated heterocycles. The molecule has 0 unspecified atom stereocenters. The lowest BCUT2D eigenvalue weighted by molar-refractivity contribution is -0.137. The first-order chi connectivity index (χ1) is 14.0. The zero-order chi connectivity index (χ0) is 20.4. The fourth-order valence-electron chi connectivity index (χ4n) is 4.56. The molecule has 1 aromatic carbocycles. The van der Waals surface area contributed by atoms with Crippen molar-refractivity contribution in [3.63, 3.8) is 0 Å². The normalized spacial score (nSPS) is 21.4. The molecule has 0 bridgehead atoms. The summed E-state index contributed by atoms with van der Waals surface area (Å²) in [5, 5.41) is 3.48. The Hall–Kier alpha value is -2.63. The first-order valence-corrected chi connectivity index (χ1v) is 10.6. The molecule has 2 heterocycles. The van der Waals surface area contributed by atoms with Gasteiger partial charge >= 0.3 is 0 Å². The molecule has 1 amide bonds. The Morgan fingerprint density at radius 2 is 1.86 bits per heavy atom. The topological polar surface area (TPSA) is 61.4 Å². The lowest BCUT2D eigenvalue weighted by Crippen LogP contribution is -2.41. The molecule has 1 aliphatic carbocycles. The number of rotatable bonds is 4. The summed E-state index contributed by atoms with van der Waals surface area (Å²) >= 11 is 0. The Bertz CT molecular complexity index is 873. The van der Waals surface area contributed by atoms with Crippen LogP contribution in [0.25, 0.3) is 0 Å². The molecule has 4 rings (SSSR count). The van der Waals surface area contributed by atoms with E-state index in [4.69, 9.17) is 0 Å². The van der Waals surface area contributed by atoms with Crippen LogP contribution in [0.5, 0.6) is 0 Å². The third kappa shape index (κ3) is 4.36. The number of nitrogens with one attached hydrogen (secondary N) is 1. The van der Waals surface area contributed by atoms with Crippen LogP contribution in [-0.4, -0.2) is 47.5 Å². The Labute approximate surface area is 173 Å². The van der Waals surface area contributed by atoms with Crippen molar-refractivity contribution >= 4 is 17.7 Å². The minimum absolute atomic E-state index is 0.148. The van der Waals surface area contributed by atoms with E-state index in [0.717, 1.165) is 56.6 Å². The molecule has 1 fully saturated rings. The number of hydrogen-bond donors (Lipinski definition) is 1. The van der Waals surface area contributed by atoms with Gasteiger partial charge in [0, 0.05) is 50.9 Å². The number of fused-ring (bicyclic) bond motifs is 1. The quantitative estimate of drug-likeness (QED) is 0.863. The standard InChI is InChI=1S/C23H31N5O/c1-16-14-24-23(26-21(16)27(2)3)25-20-10-8-18(9-11-20)22(29)28-13-12-17-6-4-5-7-19(17)15-28/h4-7,14,18,20H,8-13,15H2,1-3H3,(H,24,25,26)/t18-,20+. The Kier molecular flexibility index (Phi) is 5.69. The van der Waals surface area contributed by atoms with Gasteiger partial charge in [-0.1, -0.05) is 24.3 Å². The average molecular weight is 394 g/mol. The number of carbonyl (C=O) groups is 1. The molecule has 0 radical (unpaired) electrons. The van der Waals surface area contributed by atoms with E-state index in [1.807, 2.05) is 32.1 Å². The fraction of sp³-hybridized carbons (Fsp3) is 0.522. The molecule has 6 nitrogen and oxygen atoms in total. The highest BCUT2D eigenvalue weighted by Gasteiger charge is 2.31. The van der Waals surface area contributed by atoms with Gasteiger partial charge in [-0.3, -0.25) is 4.79 Å². The van der Waals surface area contributed by atoms with Crippen LogP contribution in [0, 0.1) is 12.8 Å². The second-order valence-electron chi connectivity index (χ2n) is 8.57. The highest BCUT2D eigenvalue weighted by molar-refractivity contribution is 5.79. The van der Waals surface area contributed by atoms with Gasteiger partial charge in [0.1, 0.15) is 5.82 Å². The molecule has 2 aromatic rings. The summed E-state index contributed by atoms with van der Waals surface area (Å²) in [6.07, 6.45) is 6.67. The second kappa shape index (κ2) is 8.39. The van der Waals surface area contributed by atoms with Gasteiger partial charge in [0.25, 0.3) is 0 Å². The van der Waals surface area contributed by atoms with Crippen LogP contribution < -0.4 is 10.2 Å². The van der Waals surface area contributed by atoms with Crippen molar-refractivity contribution in [3.8, 4) is 0 Å². The van der Waals surface area contributed by atoms with Crippen LogP contribution in [0.3, 0.4) is 0 Å². The van der Waals surface area contributed by atoms with E-state index in [0.29, 0.717) is 17.9 Å². The molecule has 0 atom stereocenters. The summed E-state index contributed by atoms with van der Waals surface area (Å²) in [4.78, 5) is 26.2. The average Bonchev–Trinajstić information content (AvgIpc) is 2.74. The van der Waals surface area contributed by atoms with Gasteiger partial charge in [0.05, 0.1) is 0 Å². The number of anilines is 2. The first kappa shape index (κ1) is 19.7. The number of aryl methyl sites for hydroxylation is 1. The largest absolute Gasteiger partial charge is 0.362 e. The highest BCUT2D eigenvalue weighted by atomic mass is 16.2. The maximum absolute atomic E-state index is 13.1. The third-order valence-electron chi connectivity index (χ3n) is 6.22. The van der Waals surface area contributed by atoms with Crippen molar-refractivity contribution < 1.29 is 4.79 Å². The summed E-state index contributed by atoms with van der Waals surface area (Å²) in [7, 11) is 3.99. The number of hydrogen-bond acceptors (Lipinski definition) is 5. The van der Waals surface area contributed by atoms with E-state index in [9.17, 15) is 4.79 Å². The predicted octanol–water partition coefficient (Wildman–Crippen LogP) is 3.41. The van der Waals surface area contributed by atoms with E-state index in [-0.39, 0.29) is 5.92 Å². The Morgan fingerprint density at radius 3 is 2.59 bits per heavy atom. The second-order valence-corrected chi connectivity index (χ2v) is 8.57. The zero-order valence-corrected chi connectivity index (χ0v) is 17.7. The minimum Gasteiger partial charge on any atom is -0.362 e. The smallest absolute Gasteiger partial charge is 0.225 e. The molecule has 2 aliphatic rings. The van der Waals surface area contributed by atoms with Crippen molar-refractivity contribution in [2.24, 2.45) is 5.92 Å². The van der Waals surface area contributed by atoms with Crippen molar-refractivity contribution in [2.75, 3.05) is 30.9 Å². The fourth-order valence-corrected chi connectivity index (χ4v) is 4.56. The van der Waals surface area contributed by atoms with Crippen LogP contribution in [0.15, 0.2) is 30.5 Å². The van der Waals surface area contributed by atoms with Gasteiger partial charge in [-0.05, 0) is 50.2 Å². The molecule has 1 aliphatic heterocycles. The van der Waals surface area contributed by atoms with Crippen LogP contribution in [0.1, 0.15) is 42.4 Å². The summed E-state index contributed by atoms with van der Waals surface area (Å²) in [5.74, 6) is 2.10. The molecular formula is C23H31N5O. The van der Waals surface area contributed by atoms with Crippen LogP contribution >= 0.6 is 0 Å². The summed E-state index contributed by atoms with van der Waals surface area (Å²) in [5.41, 5.74) is 3.76. The molecular weight excluding hydrogens is 362 g/mol. The number of amides is 1. The van der Waals surface area contributed by atoms with Crippen LogP contribution in [-0.2, 0) is 17.8 Å². The molecule has 1 N–H and O–H groups in total. The Morgan fingerprint density at radius 1 is 1.14 bits per heavy atom. The monoisotopic (exact) mass is 393 g/mol. The van der Waals surface area contributed by atoms with Gasteiger partial charge in [0.2, 0.25) is 11.9 Å². The van der Waals surface area contributed by atoms with Gasteiger partial charge < -0.3 is 15.1 Å². The third-order valence-corrected chi connectivity index (χ3v) is 6.22. The molecule has 0 spiro atoms. The van der Waals surface area contributed by atoms with Gasteiger partial charge in [0.15, 0.2) is 0 Å². The number of carbonyl (C=O) groups excluding carboxylic acids is 1. The van der Waals surface area contributed by atoms with Crippen molar-refractivity contribution in [2.45, 2.75) is 51.6 Å². The summed E-state index contributed by atoms with van der Waals surface area (Å²) < 4.78 is 0. The van der Waals surface area contributed by atoms with E-state index in [2.05, 4.69) is 44.5 Å². The first-order valence-electron chi connectivity index (χ1n) is 10.6. The Balaban J connectivity index is 1.32. The van der Waals surface area contributed by atoms with Crippen molar-refractivity contribution in [1.29, 1.82) is 0 Å². The van der Waals surface area contributed by atoms with Gasteiger partial charge in [-0.25, -0.2) is 4.98 Å². The highest BCUT2D eigenvalue weighted by Crippen LogP contribution is 2.30. The maximum Gasteiger partial charge on any atom is 0.225 e. The van der Waals surface area contributed by atoms with Gasteiger partial charge in [-0.2, -0.15) is 4.98 Å². The SMILES string of the molecule is Cc1cnc(N[C@H]2CC[C@@H](C(=O)N3CCc4ccccc4C3)CC2)nc1N(C)C. The van der Waals surface area contributed by atoms with E-state index >= 15 is 0 Å². The van der Waals surface area contributed by atoms with E-state index in [1.165, 1.54) is 11.1 Å². The van der Waals surface area contributed by atoms with Crippen molar-refractivity contribution in [3.05, 3.63) is 47.2 Å². The van der Waals surface area contributed by atoms with E-state index in [1.54, 1.807) is 0 Å². The number of nitrogens with zero attached hydrogens (tertiary/aromatic N) is 4. The lowest BCUT2D eigenvalue weighted by Gasteiger charge is -2.35. The number of aromatic nitrogens is 2. The van der Waals surface area contributed by atoms with E-state index < -0.39 is 0 Å². The molecule has 1 saturated carbocycles. The molecule has 154 valence electrons. The van der Waals surface area contributed by atoms with Crippen molar-refractivity contribution in [1.82, 2.24) is 14.9 Å². The maximum atomic E-state index is 13.1. The predicted molar refractivity (Wildman–Crippen MR) is 116 cm³/mol. The molecule has 1 aromatic heterocycles. The van der Waals surface area contributed by atoms with Gasteiger partial charge in [-0.15, -0.1) is 0 Å². The molecule has 6 heteroatoms. The minimum atomic E-state index is 0.148. The molecule has 29 heavy (non-hydrogen) atoms. The summed E-state index contributed by atoms with van der Waals surface area (Å²) in [6, 6.07) is 8.82. The zero-order valence-electron chi connectivity index (χ0n) is 17.7. The van der Waals surface area contributed by atoms with Crippen LogP contribution in [0.2, 0.25) is 0 Å². The summed E-state index contributed by atoms with van der Waals surface area (Å²) in [6.45, 7) is 3.63. The lowest BCUT2D eigenvalue weighted by atomic mass is 9.84.